The Morgan fingerprint density at radius 2 is 2.00 bits per heavy atom. The smallest absolute Gasteiger partial charge is 0.0417 e. The second-order valence-corrected chi connectivity index (χ2v) is 3.76. The molecule has 1 aromatic rings. The van der Waals surface area contributed by atoms with Crippen molar-refractivity contribution in [2.45, 2.75) is 18.3 Å². The van der Waals surface area contributed by atoms with Gasteiger partial charge in [-0.2, -0.15) is 0 Å². The fourth-order valence-corrected chi connectivity index (χ4v) is 2.57. The fraction of sp³-hybridized carbons (Fsp3) is 0.273. The third kappa shape index (κ3) is 0.810. The van der Waals surface area contributed by atoms with Gasteiger partial charge in [0.05, 0.1) is 0 Å². The second-order valence-electron chi connectivity index (χ2n) is 3.76. The van der Waals surface area contributed by atoms with Gasteiger partial charge in [-0.05, 0) is 17.5 Å². The first-order valence-corrected chi connectivity index (χ1v) is 4.61. The number of fused-ring (bicyclic) bond motifs is 5. The molecule has 0 amide bonds. The molecule has 13 heavy (non-hydrogen) atoms. The van der Waals surface area contributed by atoms with E-state index in [0.29, 0.717) is 11.8 Å². The number of hydrogen-bond donors (Lipinski definition) is 2. The van der Waals surface area contributed by atoms with Crippen molar-refractivity contribution in [3.63, 3.8) is 0 Å². The summed E-state index contributed by atoms with van der Waals surface area (Å²) in [6.07, 6.45) is 3.26. The number of hydrogen-bond acceptors (Lipinski definition) is 2. The van der Waals surface area contributed by atoms with Crippen LogP contribution in [0.4, 0.5) is 0 Å². The van der Waals surface area contributed by atoms with E-state index < -0.39 is 0 Å². The van der Waals surface area contributed by atoms with Crippen molar-refractivity contribution < 1.29 is 5.21 Å². The van der Waals surface area contributed by atoms with Crippen molar-refractivity contribution in [1.82, 2.24) is 5.48 Å². The molecule has 2 N–H and O–H groups in total. The lowest BCUT2D eigenvalue weighted by atomic mass is 9.95. The number of allylic oxidation sites excluding steroid dienone is 2. The lowest BCUT2D eigenvalue weighted by Gasteiger charge is -2.15. The molecule has 1 aromatic carbocycles. The Labute approximate surface area is 76.9 Å². The van der Waals surface area contributed by atoms with Crippen molar-refractivity contribution in [3.8, 4) is 0 Å². The quantitative estimate of drug-likeness (QED) is 0.638. The monoisotopic (exact) mass is 173 g/mol. The average Bonchev–Trinajstić information content (AvgIpc) is 2.75. The zero-order valence-electron chi connectivity index (χ0n) is 7.20. The number of rotatable bonds is 1. The van der Waals surface area contributed by atoms with Gasteiger partial charge in [0.15, 0.2) is 0 Å². The molecule has 0 aliphatic heterocycles. The van der Waals surface area contributed by atoms with E-state index in [2.05, 4.69) is 35.8 Å². The Hall–Kier alpha value is -1.28. The van der Waals surface area contributed by atoms with Gasteiger partial charge in [-0.1, -0.05) is 30.3 Å². The molecular weight excluding hydrogens is 162 g/mol. The van der Waals surface area contributed by atoms with Gasteiger partial charge in [0.25, 0.3) is 0 Å². The summed E-state index contributed by atoms with van der Waals surface area (Å²) in [5.41, 5.74) is 6.09. The molecule has 0 fully saturated rings. The topological polar surface area (TPSA) is 32.3 Å². The Morgan fingerprint density at radius 3 is 2.77 bits per heavy atom. The highest BCUT2D eigenvalue weighted by atomic mass is 16.5. The predicted octanol–water partition coefficient (Wildman–Crippen LogP) is 2.13. The first kappa shape index (κ1) is 7.15. The van der Waals surface area contributed by atoms with Crippen molar-refractivity contribution >= 4 is 0 Å². The SMILES string of the molecule is ONC1=CC2CC1c1ccccc12. The summed E-state index contributed by atoms with van der Waals surface area (Å²) in [5, 5.41) is 8.90. The van der Waals surface area contributed by atoms with Crippen molar-refractivity contribution in [2.75, 3.05) is 0 Å². The minimum Gasteiger partial charge on any atom is -0.291 e. The maximum absolute atomic E-state index is 8.90. The minimum absolute atomic E-state index is 0.409. The molecule has 3 rings (SSSR count). The normalized spacial score (nSPS) is 28.5. The van der Waals surface area contributed by atoms with Crippen LogP contribution in [0.3, 0.4) is 0 Å². The van der Waals surface area contributed by atoms with Crippen LogP contribution >= 0.6 is 0 Å². The first-order chi connectivity index (χ1) is 6.40. The third-order valence-electron chi connectivity index (χ3n) is 3.15. The van der Waals surface area contributed by atoms with Gasteiger partial charge in [0.1, 0.15) is 0 Å². The van der Waals surface area contributed by atoms with Crippen LogP contribution in [-0.4, -0.2) is 5.21 Å². The minimum atomic E-state index is 0.409. The van der Waals surface area contributed by atoms with E-state index in [9.17, 15) is 0 Å². The van der Waals surface area contributed by atoms with Crippen molar-refractivity contribution in [3.05, 3.63) is 47.2 Å². The summed E-state index contributed by atoms with van der Waals surface area (Å²) < 4.78 is 0. The van der Waals surface area contributed by atoms with Crippen molar-refractivity contribution in [2.24, 2.45) is 0 Å². The molecule has 2 aliphatic rings. The Balaban J connectivity index is 2.13. The summed E-state index contributed by atoms with van der Waals surface area (Å²) in [7, 11) is 0. The van der Waals surface area contributed by atoms with E-state index >= 15 is 0 Å². The standard InChI is InChI=1S/C11H11NO/c13-12-11-6-7-5-10(11)9-4-2-1-3-8(7)9/h1-4,6-7,10,12-13H,5H2. The number of benzene rings is 1. The van der Waals surface area contributed by atoms with Crippen LogP contribution in [0.1, 0.15) is 29.4 Å². The Morgan fingerprint density at radius 1 is 1.23 bits per heavy atom. The molecule has 2 bridgehead atoms. The zero-order chi connectivity index (χ0) is 8.84. The van der Waals surface area contributed by atoms with Crippen LogP contribution in [0, 0.1) is 0 Å². The average molecular weight is 173 g/mol. The summed E-state index contributed by atoms with van der Waals surface area (Å²) in [4.78, 5) is 0. The lowest BCUT2D eigenvalue weighted by Crippen LogP contribution is -2.12. The fourth-order valence-electron chi connectivity index (χ4n) is 2.57. The van der Waals surface area contributed by atoms with Gasteiger partial charge in [-0.3, -0.25) is 10.7 Å². The molecule has 0 saturated heterocycles. The van der Waals surface area contributed by atoms with Crippen LogP contribution in [0.2, 0.25) is 0 Å². The maximum Gasteiger partial charge on any atom is 0.0417 e. The van der Waals surface area contributed by atoms with E-state index in [-0.39, 0.29) is 0 Å². The molecule has 0 aromatic heterocycles. The van der Waals surface area contributed by atoms with E-state index in [4.69, 9.17) is 5.21 Å². The lowest BCUT2D eigenvalue weighted by molar-refractivity contribution is 0.194. The van der Waals surface area contributed by atoms with Gasteiger partial charge in [-0.15, -0.1) is 0 Å². The molecule has 66 valence electrons. The number of hydroxylamine groups is 1. The van der Waals surface area contributed by atoms with Crippen LogP contribution in [0.25, 0.3) is 0 Å². The molecule has 2 heteroatoms. The highest BCUT2D eigenvalue weighted by Crippen LogP contribution is 2.50. The van der Waals surface area contributed by atoms with E-state index in [1.807, 2.05) is 0 Å². The van der Waals surface area contributed by atoms with E-state index in [1.165, 1.54) is 11.1 Å². The highest BCUT2D eigenvalue weighted by molar-refractivity contribution is 5.50. The van der Waals surface area contributed by atoms with Gasteiger partial charge in [0, 0.05) is 17.5 Å². The first-order valence-electron chi connectivity index (χ1n) is 4.61. The summed E-state index contributed by atoms with van der Waals surface area (Å²) >= 11 is 0. The van der Waals surface area contributed by atoms with Crippen LogP contribution in [0.15, 0.2) is 36.0 Å². The van der Waals surface area contributed by atoms with Crippen LogP contribution in [-0.2, 0) is 0 Å². The van der Waals surface area contributed by atoms with Gasteiger partial charge < -0.3 is 0 Å². The Bertz CT molecular complexity index is 383. The van der Waals surface area contributed by atoms with Crippen LogP contribution < -0.4 is 5.48 Å². The van der Waals surface area contributed by atoms with Crippen LogP contribution in [0.5, 0.6) is 0 Å². The number of nitrogens with one attached hydrogen (secondary N) is 1. The van der Waals surface area contributed by atoms with Gasteiger partial charge >= 0.3 is 0 Å². The molecule has 0 heterocycles. The van der Waals surface area contributed by atoms with Gasteiger partial charge in [-0.25, -0.2) is 0 Å². The third-order valence-corrected chi connectivity index (χ3v) is 3.15. The zero-order valence-corrected chi connectivity index (χ0v) is 7.20. The molecule has 0 spiro atoms. The molecule has 2 unspecified atom stereocenters. The van der Waals surface area contributed by atoms with E-state index in [0.717, 1.165) is 12.1 Å². The predicted molar refractivity (Wildman–Crippen MR) is 49.5 cm³/mol. The Kier molecular flexibility index (Phi) is 1.30. The summed E-state index contributed by atoms with van der Waals surface area (Å²) in [6, 6.07) is 8.49. The molecule has 2 nitrogen and oxygen atoms in total. The van der Waals surface area contributed by atoms with E-state index in [1.54, 1.807) is 0 Å². The maximum atomic E-state index is 8.90. The molecular formula is C11H11NO. The highest BCUT2D eigenvalue weighted by Gasteiger charge is 2.37. The van der Waals surface area contributed by atoms with Crippen molar-refractivity contribution in [1.29, 1.82) is 0 Å². The second kappa shape index (κ2) is 2.36. The molecule has 0 saturated carbocycles. The molecule has 0 radical (unpaired) electrons. The summed E-state index contributed by atoms with van der Waals surface area (Å²) in [5.74, 6) is 0.932. The summed E-state index contributed by atoms with van der Waals surface area (Å²) in [6.45, 7) is 0. The largest absolute Gasteiger partial charge is 0.291 e. The molecule has 2 aliphatic carbocycles. The molecule has 2 atom stereocenters. The van der Waals surface area contributed by atoms with Gasteiger partial charge in [0.2, 0.25) is 0 Å².